The second kappa shape index (κ2) is 5.80. The van der Waals surface area contributed by atoms with Gasteiger partial charge >= 0.3 is 12.3 Å². The van der Waals surface area contributed by atoms with E-state index in [-0.39, 0.29) is 22.6 Å². The molecule has 19 heavy (non-hydrogen) atoms. The van der Waals surface area contributed by atoms with Crippen LogP contribution >= 0.6 is 11.6 Å². The average Bonchev–Trinajstić information content (AvgIpc) is 2.28. The van der Waals surface area contributed by atoms with Crippen molar-refractivity contribution in [2.75, 3.05) is 0 Å². The Balaban J connectivity index is 3.37. The summed E-state index contributed by atoms with van der Waals surface area (Å²) in [7, 11) is 0. The lowest BCUT2D eigenvalue weighted by Gasteiger charge is -2.15. The van der Waals surface area contributed by atoms with Crippen LogP contribution in [-0.4, -0.2) is 17.4 Å². The molecule has 0 atom stereocenters. The van der Waals surface area contributed by atoms with Crippen LogP contribution in [0.3, 0.4) is 0 Å². The fourth-order valence-corrected chi connectivity index (χ4v) is 1.69. The lowest BCUT2D eigenvalue weighted by Crippen LogP contribution is -2.19. The molecule has 1 N–H and O–H groups in total. The fourth-order valence-electron chi connectivity index (χ4n) is 1.45. The van der Waals surface area contributed by atoms with Gasteiger partial charge in [-0.3, -0.25) is 4.79 Å². The Morgan fingerprint density at radius 2 is 2.11 bits per heavy atom. The highest BCUT2D eigenvalue weighted by atomic mass is 35.5. The smallest absolute Gasteiger partial charge is 0.481 e. The number of carboxylic acids is 1. The molecule has 1 rings (SSSR count). The summed E-state index contributed by atoms with van der Waals surface area (Å²) in [6.45, 7) is 0. The number of hydrogen-bond donors (Lipinski definition) is 1. The molecule has 1 aromatic rings. The van der Waals surface area contributed by atoms with Crippen molar-refractivity contribution < 1.29 is 27.8 Å². The second-order valence-corrected chi connectivity index (χ2v) is 3.74. The number of carboxylic acid groups (broad SMARTS) is 1. The molecule has 102 valence electrons. The fraction of sp³-hybridized carbons (Fsp3) is 0.273. The van der Waals surface area contributed by atoms with Crippen molar-refractivity contribution >= 4 is 17.6 Å². The molecule has 0 aromatic heterocycles. The molecule has 0 bridgehead atoms. The number of ether oxygens (including phenoxy) is 1. The Morgan fingerprint density at radius 1 is 1.47 bits per heavy atom. The zero-order valence-electron chi connectivity index (χ0n) is 9.29. The first-order valence-corrected chi connectivity index (χ1v) is 5.39. The lowest BCUT2D eigenvalue weighted by atomic mass is 10.0. The average molecular weight is 294 g/mol. The maximum absolute atomic E-state index is 12.2. The number of alkyl halides is 4. The number of aliphatic carboxylic acids is 1. The molecule has 0 aliphatic rings. The van der Waals surface area contributed by atoms with Gasteiger partial charge < -0.3 is 9.84 Å². The van der Waals surface area contributed by atoms with Crippen LogP contribution < -0.4 is 4.74 Å². The highest BCUT2D eigenvalue weighted by Crippen LogP contribution is 2.31. The van der Waals surface area contributed by atoms with E-state index in [0.29, 0.717) is 0 Å². The van der Waals surface area contributed by atoms with E-state index in [2.05, 4.69) is 4.74 Å². The molecule has 0 saturated heterocycles. The molecule has 0 radical (unpaired) electrons. The number of nitrogens with zero attached hydrogens (tertiary/aromatic N) is 1. The molecule has 0 saturated carbocycles. The van der Waals surface area contributed by atoms with Gasteiger partial charge in [0.25, 0.3) is 0 Å². The van der Waals surface area contributed by atoms with E-state index < -0.39 is 24.5 Å². The molecular formula is C11H7ClF3NO3. The Bertz CT molecular complexity index is 537. The predicted molar refractivity (Wildman–Crippen MR) is 58.7 cm³/mol. The van der Waals surface area contributed by atoms with E-state index in [1.54, 1.807) is 6.07 Å². The first kappa shape index (κ1) is 15.1. The summed E-state index contributed by atoms with van der Waals surface area (Å²) >= 11 is 5.55. The molecule has 0 heterocycles. The Morgan fingerprint density at radius 3 is 2.53 bits per heavy atom. The molecule has 0 amide bonds. The first-order chi connectivity index (χ1) is 8.76. The molecular weight excluding hydrogens is 287 g/mol. The van der Waals surface area contributed by atoms with E-state index in [1.807, 2.05) is 0 Å². The minimum absolute atomic E-state index is 0.0935. The third kappa shape index (κ3) is 4.34. The van der Waals surface area contributed by atoms with Gasteiger partial charge in [0, 0.05) is 11.4 Å². The quantitative estimate of drug-likeness (QED) is 0.867. The SMILES string of the molecule is N#Cc1cc(CCl)c(CC(=O)O)c(OC(F)(F)F)c1. The maximum atomic E-state index is 12.2. The third-order valence-electron chi connectivity index (χ3n) is 2.13. The number of rotatable bonds is 4. The largest absolute Gasteiger partial charge is 0.573 e. The molecule has 4 nitrogen and oxygen atoms in total. The Labute approximate surface area is 111 Å². The monoisotopic (exact) mass is 293 g/mol. The van der Waals surface area contributed by atoms with Crippen LogP contribution in [0.1, 0.15) is 16.7 Å². The van der Waals surface area contributed by atoms with Gasteiger partial charge in [0.05, 0.1) is 18.1 Å². The van der Waals surface area contributed by atoms with Gasteiger partial charge in [-0.1, -0.05) is 0 Å². The first-order valence-electron chi connectivity index (χ1n) is 4.86. The van der Waals surface area contributed by atoms with Gasteiger partial charge in [-0.05, 0) is 17.7 Å². The van der Waals surface area contributed by atoms with Crippen molar-refractivity contribution in [2.24, 2.45) is 0 Å². The van der Waals surface area contributed by atoms with Crippen LogP contribution in [-0.2, 0) is 17.1 Å². The van der Waals surface area contributed by atoms with Gasteiger partial charge in [-0.2, -0.15) is 5.26 Å². The second-order valence-electron chi connectivity index (χ2n) is 3.48. The minimum Gasteiger partial charge on any atom is -0.481 e. The topological polar surface area (TPSA) is 70.3 Å². The molecule has 8 heteroatoms. The van der Waals surface area contributed by atoms with Crippen molar-refractivity contribution in [1.82, 2.24) is 0 Å². The van der Waals surface area contributed by atoms with Crippen molar-refractivity contribution in [3.63, 3.8) is 0 Å². The van der Waals surface area contributed by atoms with Crippen molar-refractivity contribution in [3.8, 4) is 11.8 Å². The molecule has 0 spiro atoms. The molecule has 0 aliphatic carbocycles. The summed E-state index contributed by atoms with van der Waals surface area (Å²) in [4.78, 5) is 10.7. The zero-order chi connectivity index (χ0) is 14.6. The Hall–Kier alpha value is -1.94. The zero-order valence-corrected chi connectivity index (χ0v) is 10.0. The van der Waals surface area contributed by atoms with Gasteiger partial charge in [0.2, 0.25) is 0 Å². The number of halogens is 4. The highest BCUT2D eigenvalue weighted by Gasteiger charge is 2.33. The summed E-state index contributed by atoms with van der Waals surface area (Å²) < 4.78 is 40.5. The molecule has 0 aliphatic heterocycles. The highest BCUT2D eigenvalue weighted by molar-refractivity contribution is 6.17. The minimum atomic E-state index is -4.98. The maximum Gasteiger partial charge on any atom is 0.573 e. The van der Waals surface area contributed by atoms with E-state index in [4.69, 9.17) is 22.0 Å². The van der Waals surface area contributed by atoms with Crippen LogP contribution in [0.4, 0.5) is 13.2 Å². The Kier molecular flexibility index (Phi) is 4.62. The summed E-state index contributed by atoms with van der Waals surface area (Å²) in [5, 5.41) is 17.4. The van der Waals surface area contributed by atoms with Gasteiger partial charge in [-0.15, -0.1) is 24.8 Å². The standard InChI is InChI=1S/C11H7ClF3NO3/c12-4-7-1-6(5-16)2-9(19-11(13,14)15)8(7)3-10(17)18/h1-2H,3-4H2,(H,17,18). The number of carbonyl (C=O) groups is 1. The van der Waals surface area contributed by atoms with Crippen molar-refractivity contribution in [1.29, 1.82) is 5.26 Å². The molecule has 0 unspecified atom stereocenters. The molecule has 0 fully saturated rings. The van der Waals surface area contributed by atoms with Gasteiger partial charge in [0.15, 0.2) is 0 Å². The summed E-state index contributed by atoms with van der Waals surface area (Å²) in [6.07, 6.45) is -5.66. The van der Waals surface area contributed by atoms with E-state index in [9.17, 15) is 18.0 Å². The van der Waals surface area contributed by atoms with Crippen LogP contribution in [0.25, 0.3) is 0 Å². The van der Waals surface area contributed by atoms with Crippen molar-refractivity contribution in [2.45, 2.75) is 18.7 Å². The summed E-state index contributed by atoms with van der Waals surface area (Å²) in [5.74, 6) is -2.28. The van der Waals surface area contributed by atoms with Crippen molar-refractivity contribution in [3.05, 3.63) is 28.8 Å². The molecule has 1 aromatic carbocycles. The van der Waals surface area contributed by atoms with Crippen LogP contribution in [0.5, 0.6) is 5.75 Å². The number of hydrogen-bond acceptors (Lipinski definition) is 3. The predicted octanol–water partition coefficient (Wildman–Crippen LogP) is 2.82. The van der Waals surface area contributed by atoms with E-state index >= 15 is 0 Å². The number of nitriles is 1. The third-order valence-corrected chi connectivity index (χ3v) is 2.42. The van der Waals surface area contributed by atoms with Crippen LogP contribution in [0.2, 0.25) is 0 Å². The van der Waals surface area contributed by atoms with Crippen LogP contribution in [0, 0.1) is 11.3 Å². The lowest BCUT2D eigenvalue weighted by molar-refractivity contribution is -0.275. The number of benzene rings is 1. The van der Waals surface area contributed by atoms with E-state index in [1.165, 1.54) is 6.07 Å². The van der Waals surface area contributed by atoms with E-state index in [0.717, 1.165) is 6.07 Å². The van der Waals surface area contributed by atoms with Gasteiger partial charge in [0.1, 0.15) is 5.75 Å². The van der Waals surface area contributed by atoms with Gasteiger partial charge in [-0.25, -0.2) is 0 Å². The summed E-state index contributed by atoms with van der Waals surface area (Å²) in [5.41, 5.74) is -0.176. The van der Waals surface area contributed by atoms with Crippen LogP contribution in [0.15, 0.2) is 12.1 Å². The normalized spacial score (nSPS) is 10.9. The summed E-state index contributed by atoms with van der Waals surface area (Å²) in [6, 6.07) is 3.72.